The molecule has 2 aromatic rings. The van der Waals surface area contributed by atoms with E-state index < -0.39 is 5.60 Å². The largest absolute Gasteiger partial charge is 0.444 e. The molecule has 226 valence electrons. The van der Waals surface area contributed by atoms with Gasteiger partial charge in [0.15, 0.2) is 0 Å². The fourth-order valence-electron chi connectivity index (χ4n) is 6.30. The highest BCUT2D eigenvalue weighted by Gasteiger charge is 2.28. The predicted octanol–water partition coefficient (Wildman–Crippen LogP) is 5.25. The van der Waals surface area contributed by atoms with E-state index in [0.29, 0.717) is 19.6 Å². The second-order valence-electron chi connectivity index (χ2n) is 12.9. The molecule has 3 saturated heterocycles. The van der Waals surface area contributed by atoms with Crippen LogP contribution < -0.4 is 5.32 Å². The predicted molar refractivity (Wildman–Crippen MR) is 163 cm³/mol. The maximum absolute atomic E-state index is 12.8. The second kappa shape index (κ2) is 13.7. The molecule has 1 N–H and O–H groups in total. The summed E-state index contributed by atoms with van der Waals surface area (Å²) in [4.78, 5) is 34.0. The monoisotopic (exact) mass is 584 g/mol. The Morgan fingerprint density at radius 1 is 0.976 bits per heavy atom. The lowest BCUT2D eigenvalue weighted by Gasteiger charge is -2.40. The zero-order valence-corrected chi connectivity index (χ0v) is 26.0. The number of likely N-dealkylation sites (tertiary alicyclic amines) is 3. The molecule has 5 heterocycles. The fraction of sp³-hybridized carbons (Fsp3) is 0.710. The van der Waals surface area contributed by atoms with Crippen molar-refractivity contribution in [2.24, 2.45) is 0 Å². The average molecular weight is 585 g/mol. The molecule has 9 nitrogen and oxygen atoms in total. The van der Waals surface area contributed by atoms with E-state index in [9.17, 15) is 9.59 Å². The summed E-state index contributed by atoms with van der Waals surface area (Å²) in [7, 11) is 0. The summed E-state index contributed by atoms with van der Waals surface area (Å²) in [5.41, 5.74) is 0.544. The molecule has 0 atom stereocenters. The van der Waals surface area contributed by atoms with Crippen LogP contribution in [0, 0.1) is 0 Å². The minimum absolute atomic E-state index is 0.00645. The van der Waals surface area contributed by atoms with Crippen molar-refractivity contribution < 1.29 is 14.3 Å². The van der Waals surface area contributed by atoms with E-state index in [2.05, 4.69) is 26.4 Å². The number of hydrogen-bond acceptors (Lipinski definition) is 7. The molecule has 0 aromatic carbocycles. The zero-order valence-electron chi connectivity index (χ0n) is 25.1. The summed E-state index contributed by atoms with van der Waals surface area (Å²) in [6, 6.07) is 4.96. The second-order valence-corrected chi connectivity index (χ2v) is 13.9. The molecular weight excluding hydrogens is 536 g/mol. The van der Waals surface area contributed by atoms with Gasteiger partial charge in [0.2, 0.25) is 0 Å². The molecule has 0 radical (unpaired) electrons. The van der Waals surface area contributed by atoms with E-state index in [4.69, 9.17) is 4.74 Å². The van der Waals surface area contributed by atoms with Crippen LogP contribution >= 0.6 is 11.3 Å². The minimum Gasteiger partial charge on any atom is -0.444 e. The van der Waals surface area contributed by atoms with Crippen LogP contribution in [-0.2, 0) is 4.74 Å². The van der Waals surface area contributed by atoms with Crippen LogP contribution in [0.1, 0.15) is 87.9 Å². The van der Waals surface area contributed by atoms with Crippen LogP contribution in [-0.4, -0.2) is 100 Å². The van der Waals surface area contributed by atoms with Gasteiger partial charge in [-0.2, -0.15) is 5.10 Å². The number of amides is 2. The SMILES string of the molecule is CC(C)(C)OC(=O)N1CCC(n2cc(-c3ccc(C(=O)NCCCN4CCC(N5CCCCC5)CC4)s3)cn2)CC1. The Morgan fingerprint density at radius 2 is 1.68 bits per heavy atom. The minimum atomic E-state index is -0.481. The Bertz CT molecular complexity index is 1130. The first-order valence-corrected chi connectivity index (χ1v) is 16.4. The quantitative estimate of drug-likeness (QED) is 0.427. The topological polar surface area (TPSA) is 82.9 Å². The van der Waals surface area contributed by atoms with Crippen molar-refractivity contribution >= 4 is 23.3 Å². The highest BCUT2D eigenvalue weighted by Crippen LogP contribution is 2.30. The molecule has 3 fully saturated rings. The summed E-state index contributed by atoms with van der Waals surface area (Å²) in [6.45, 7) is 13.7. The Balaban J connectivity index is 1.01. The number of hydrogen-bond donors (Lipinski definition) is 1. The van der Waals surface area contributed by atoms with Gasteiger partial charge >= 0.3 is 6.09 Å². The molecule has 2 aromatic heterocycles. The molecule has 0 aliphatic carbocycles. The van der Waals surface area contributed by atoms with Gasteiger partial charge in [-0.1, -0.05) is 6.42 Å². The normalized spacial score (nSPS) is 20.3. The third kappa shape index (κ3) is 8.32. The van der Waals surface area contributed by atoms with Crippen molar-refractivity contribution in [1.82, 2.24) is 29.8 Å². The zero-order chi connectivity index (χ0) is 28.8. The van der Waals surface area contributed by atoms with Crippen LogP contribution in [0.2, 0.25) is 0 Å². The smallest absolute Gasteiger partial charge is 0.410 e. The van der Waals surface area contributed by atoms with E-state index in [1.165, 1.54) is 69.6 Å². The van der Waals surface area contributed by atoms with Crippen molar-refractivity contribution in [3.63, 3.8) is 0 Å². The van der Waals surface area contributed by atoms with Gasteiger partial charge in [-0.05, 0) is 111 Å². The lowest BCUT2D eigenvalue weighted by atomic mass is 10.00. The van der Waals surface area contributed by atoms with Crippen LogP contribution in [0.25, 0.3) is 10.4 Å². The van der Waals surface area contributed by atoms with Crippen LogP contribution in [0.3, 0.4) is 0 Å². The highest BCUT2D eigenvalue weighted by atomic mass is 32.1. The van der Waals surface area contributed by atoms with E-state index in [1.54, 1.807) is 4.90 Å². The van der Waals surface area contributed by atoms with Gasteiger partial charge in [0, 0.05) is 42.3 Å². The number of piperidine rings is 3. The number of thiophene rings is 1. The Morgan fingerprint density at radius 3 is 2.39 bits per heavy atom. The Labute approximate surface area is 249 Å². The molecule has 10 heteroatoms. The molecular formula is C31H48N6O3S. The van der Waals surface area contributed by atoms with Gasteiger partial charge in [-0.3, -0.25) is 9.48 Å². The van der Waals surface area contributed by atoms with Crippen molar-refractivity contribution in [2.45, 2.75) is 89.8 Å². The van der Waals surface area contributed by atoms with Crippen molar-refractivity contribution in [1.29, 1.82) is 0 Å². The summed E-state index contributed by atoms with van der Waals surface area (Å²) < 4.78 is 7.52. The number of nitrogens with one attached hydrogen (secondary N) is 1. The molecule has 0 saturated carbocycles. The summed E-state index contributed by atoms with van der Waals surface area (Å²) in [6.07, 6.45) is 13.1. The lowest BCUT2D eigenvalue weighted by Crippen LogP contribution is -2.47. The van der Waals surface area contributed by atoms with Crippen molar-refractivity contribution in [3.05, 3.63) is 29.4 Å². The van der Waals surface area contributed by atoms with E-state index in [-0.39, 0.29) is 18.0 Å². The number of carbonyl (C=O) groups excluding carboxylic acids is 2. The van der Waals surface area contributed by atoms with E-state index in [0.717, 1.165) is 47.2 Å². The van der Waals surface area contributed by atoms with Gasteiger partial charge in [0.25, 0.3) is 5.91 Å². The summed E-state index contributed by atoms with van der Waals surface area (Å²) >= 11 is 1.51. The molecule has 5 rings (SSSR count). The van der Waals surface area contributed by atoms with Crippen LogP contribution in [0.15, 0.2) is 24.5 Å². The standard InChI is InChI=1S/C31H48N6O3S/c1-31(2,3)40-30(39)36-20-12-26(13-21-36)37-23-24(22-33-37)27-8-9-28(41-27)29(38)32-14-7-15-34-18-10-25(11-19-34)35-16-5-4-6-17-35/h8-9,22-23,25-26H,4-7,10-21H2,1-3H3,(H,32,38). The van der Waals surface area contributed by atoms with E-state index in [1.807, 2.05) is 43.8 Å². The van der Waals surface area contributed by atoms with Gasteiger partial charge < -0.3 is 24.8 Å². The van der Waals surface area contributed by atoms with Crippen LogP contribution in [0.4, 0.5) is 4.79 Å². The third-order valence-corrected chi connectivity index (χ3v) is 9.74. The summed E-state index contributed by atoms with van der Waals surface area (Å²) in [5.74, 6) is 0.00645. The van der Waals surface area contributed by atoms with E-state index >= 15 is 0 Å². The molecule has 0 spiro atoms. The van der Waals surface area contributed by atoms with Gasteiger partial charge in [-0.15, -0.1) is 11.3 Å². The number of ether oxygens (including phenoxy) is 1. The first-order valence-electron chi connectivity index (χ1n) is 15.6. The number of rotatable bonds is 8. The first-order chi connectivity index (χ1) is 19.7. The van der Waals surface area contributed by atoms with Gasteiger partial charge in [-0.25, -0.2) is 4.79 Å². The molecule has 0 unspecified atom stereocenters. The summed E-state index contributed by atoms with van der Waals surface area (Å²) in [5, 5.41) is 7.74. The van der Waals surface area contributed by atoms with Gasteiger partial charge in [0.05, 0.1) is 17.1 Å². The third-order valence-electron chi connectivity index (χ3n) is 8.61. The Kier molecular flexibility index (Phi) is 10.0. The number of aromatic nitrogens is 2. The first kappa shape index (κ1) is 30.0. The van der Waals surface area contributed by atoms with Gasteiger partial charge in [0.1, 0.15) is 5.60 Å². The highest BCUT2D eigenvalue weighted by molar-refractivity contribution is 7.17. The molecule has 3 aliphatic heterocycles. The maximum Gasteiger partial charge on any atom is 0.410 e. The van der Waals surface area contributed by atoms with Crippen molar-refractivity contribution in [3.8, 4) is 10.4 Å². The number of nitrogens with zero attached hydrogens (tertiary/aromatic N) is 5. The molecule has 2 amide bonds. The lowest BCUT2D eigenvalue weighted by molar-refractivity contribution is 0.0184. The molecule has 0 bridgehead atoms. The Hall–Kier alpha value is -2.43. The van der Waals surface area contributed by atoms with Crippen LogP contribution in [0.5, 0.6) is 0 Å². The molecule has 3 aliphatic rings. The average Bonchev–Trinajstić information content (AvgIpc) is 3.66. The number of carbonyl (C=O) groups is 2. The van der Waals surface area contributed by atoms with Crippen molar-refractivity contribution in [2.75, 3.05) is 52.4 Å². The maximum atomic E-state index is 12.8. The fourth-order valence-corrected chi connectivity index (χ4v) is 7.20. The molecule has 41 heavy (non-hydrogen) atoms.